The van der Waals surface area contributed by atoms with Crippen molar-refractivity contribution in [3.63, 3.8) is 0 Å². The summed E-state index contributed by atoms with van der Waals surface area (Å²) in [5.41, 5.74) is 0. The van der Waals surface area contributed by atoms with Crippen LogP contribution in [0.5, 0.6) is 0 Å². The number of nitrogens with zero attached hydrogens (tertiary/aromatic N) is 2. The molecule has 5 nitrogen and oxygen atoms in total. The molecular weight excluding hydrogens is 373 g/mol. The maximum Gasteiger partial charge on any atom is 0.222 e. The maximum absolute atomic E-state index is 12.7. The van der Waals surface area contributed by atoms with E-state index in [1.165, 1.54) is 12.8 Å². The van der Waals surface area contributed by atoms with Crippen LogP contribution in [-0.4, -0.2) is 73.7 Å². The highest BCUT2D eigenvalue weighted by Crippen LogP contribution is 2.25. The van der Waals surface area contributed by atoms with Gasteiger partial charge >= 0.3 is 0 Å². The van der Waals surface area contributed by atoms with E-state index in [9.17, 15) is 4.79 Å². The van der Waals surface area contributed by atoms with Gasteiger partial charge in [-0.05, 0) is 57.5 Å². The summed E-state index contributed by atoms with van der Waals surface area (Å²) in [5.74, 6) is 1.56. The first-order chi connectivity index (χ1) is 11.6. The highest BCUT2D eigenvalue weighted by atomic mass is 35.5. The molecule has 3 aliphatic rings. The number of halogens is 2. The van der Waals surface area contributed by atoms with Crippen LogP contribution in [0.25, 0.3) is 0 Å². The Morgan fingerprint density at radius 1 is 1.19 bits per heavy atom. The lowest BCUT2D eigenvalue weighted by Crippen LogP contribution is -2.52. The SMILES string of the molecule is CC1CN(C2CCN(C(=O)CC(C)C3CCCNC3)CC2)CCO1.Cl.Cl. The predicted molar refractivity (Wildman–Crippen MR) is 110 cm³/mol. The molecule has 3 unspecified atom stereocenters. The van der Waals surface area contributed by atoms with Crippen molar-refractivity contribution in [2.45, 2.75) is 58.1 Å². The van der Waals surface area contributed by atoms with Crippen molar-refractivity contribution in [3.8, 4) is 0 Å². The average Bonchev–Trinajstić information content (AvgIpc) is 2.62. The molecule has 3 aliphatic heterocycles. The van der Waals surface area contributed by atoms with Gasteiger partial charge in [0.1, 0.15) is 0 Å². The van der Waals surface area contributed by atoms with E-state index in [-0.39, 0.29) is 24.8 Å². The molecule has 0 bridgehead atoms. The van der Waals surface area contributed by atoms with E-state index in [1.807, 2.05) is 0 Å². The molecule has 0 aliphatic carbocycles. The summed E-state index contributed by atoms with van der Waals surface area (Å²) in [6.07, 6.45) is 5.86. The van der Waals surface area contributed by atoms with Crippen molar-refractivity contribution in [1.82, 2.24) is 15.1 Å². The van der Waals surface area contributed by atoms with Gasteiger partial charge in [-0.1, -0.05) is 6.92 Å². The normalized spacial score (nSPS) is 29.4. The van der Waals surface area contributed by atoms with Crippen LogP contribution in [-0.2, 0) is 9.53 Å². The second kappa shape index (κ2) is 11.7. The Bertz CT molecular complexity index is 414. The molecule has 1 N–H and O–H groups in total. The molecule has 0 aromatic heterocycles. The fraction of sp³-hybridized carbons (Fsp3) is 0.947. The Hall–Kier alpha value is -0.0700. The van der Waals surface area contributed by atoms with E-state index in [0.717, 1.165) is 65.1 Å². The van der Waals surface area contributed by atoms with Gasteiger partial charge in [-0.15, -0.1) is 24.8 Å². The number of piperidine rings is 2. The summed E-state index contributed by atoms with van der Waals surface area (Å²) in [5, 5.41) is 3.47. The maximum atomic E-state index is 12.7. The molecule has 7 heteroatoms. The van der Waals surface area contributed by atoms with Crippen LogP contribution in [0.3, 0.4) is 0 Å². The molecule has 3 heterocycles. The van der Waals surface area contributed by atoms with Crippen molar-refractivity contribution in [2.75, 3.05) is 45.9 Å². The van der Waals surface area contributed by atoms with Gasteiger partial charge in [0, 0.05) is 38.6 Å². The third-order valence-corrected chi connectivity index (χ3v) is 6.24. The lowest BCUT2D eigenvalue weighted by Gasteiger charge is -2.42. The van der Waals surface area contributed by atoms with Crippen molar-refractivity contribution in [1.29, 1.82) is 0 Å². The minimum Gasteiger partial charge on any atom is -0.376 e. The molecule has 0 spiro atoms. The number of carbonyl (C=O) groups is 1. The van der Waals surface area contributed by atoms with Gasteiger partial charge in [0.2, 0.25) is 5.91 Å². The number of rotatable bonds is 4. The number of nitrogens with one attached hydrogen (secondary N) is 1. The summed E-state index contributed by atoms with van der Waals surface area (Å²) in [6.45, 7) is 11.5. The Morgan fingerprint density at radius 3 is 2.54 bits per heavy atom. The lowest BCUT2D eigenvalue weighted by molar-refractivity contribution is -0.134. The van der Waals surface area contributed by atoms with Crippen LogP contribution in [0.2, 0.25) is 0 Å². The van der Waals surface area contributed by atoms with Crippen LogP contribution < -0.4 is 5.32 Å². The van der Waals surface area contributed by atoms with Crippen LogP contribution in [0.1, 0.15) is 46.0 Å². The van der Waals surface area contributed by atoms with E-state index in [1.54, 1.807) is 0 Å². The van der Waals surface area contributed by atoms with Crippen molar-refractivity contribution < 1.29 is 9.53 Å². The van der Waals surface area contributed by atoms with Crippen molar-refractivity contribution in [3.05, 3.63) is 0 Å². The van der Waals surface area contributed by atoms with Crippen molar-refractivity contribution in [2.24, 2.45) is 11.8 Å². The van der Waals surface area contributed by atoms with E-state index < -0.39 is 0 Å². The van der Waals surface area contributed by atoms with Gasteiger partial charge < -0.3 is 15.0 Å². The predicted octanol–water partition coefficient (Wildman–Crippen LogP) is 2.57. The molecule has 154 valence electrons. The zero-order valence-corrected chi connectivity index (χ0v) is 18.0. The number of hydrogen-bond donors (Lipinski definition) is 1. The summed E-state index contributed by atoms with van der Waals surface area (Å²) in [4.78, 5) is 17.4. The van der Waals surface area contributed by atoms with Crippen LogP contribution in [0, 0.1) is 11.8 Å². The fourth-order valence-corrected chi connectivity index (χ4v) is 4.59. The minimum absolute atomic E-state index is 0. The first-order valence-corrected chi connectivity index (χ1v) is 9.97. The summed E-state index contributed by atoms with van der Waals surface area (Å²) in [6, 6.07) is 0.639. The Balaban J connectivity index is 0.00000169. The van der Waals surface area contributed by atoms with Gasteiger partial charge in [0.15, 0.2) is 0 Å². The molecule has 1 amide bonds. The van der Waals surface area contributed by atoms with E-state index >= 15 is 0 Å². The molecule has 3 saturated heterocycles. The molecular formula is C19H37Cl2N3O2. The Morgan fingerprint density at radius 2 is 1.92 bits per heavy atom. The first kappa shape index (κ1) is 24.0. The topological polar surface area (TPSA) is 44.8 Å². The lowest BCUT2D eigenvalue weighted by atomic mass is 9.85. The number of likely N-dealkylation sites (tertiary alicyclic amines) is 1. The second-order valence-electron chi connectivity index (χ2n) is 8.08. The standard InChI is InChI=1S/C19H35N3O2.2ClH/c1-15(17-4-3-7-20-13-17)12-19(23)21-8-5-18(6-9-21)22-10-11-24-16(2)14-22;;/h15-18,20H,3-14H2,1-2H3;2*1H. The third kappa shape index (κ3) is 6.52. The molecule has 3 fully saturated rings. The number of amides is 1. The smallest absolute Gasteiger partial charge is 0.222 e. The Kier molecular flexibility index (Phi) is 10.8. The van der Waals surface area contributed by atoms with E-state index in [4.69, 9.17) is 4.74 Å². The zero-order chi connectivity index (χ0) is 16.9. The average molecular weight is 410 g/mol. The number of morpholine rings is 1. The molecule has 3 atom stereocenters. The third-order valence-electron chi connectivity index (χ3n) is 6.24. The van der Waals surface area contributed by atoms with Gasteiger partial charge in [0.05, 0.1) is 12.7 Å². The number of carbonyl (C=O) groups excluding carboxylic acids is 1. The van der Waals surface area contributed by atoms with Gasteiger partial charge in [-0.2, -0.15) is 0 Å². The number of ether oxygens (including phenoxy) is 1. The van der Waals surface area contributed by atoms with Gasteiger partial charge in [-0.25, -0.2) is 0 Å². The highest BCUT2D eigenvalue weighted by Gasteiger charge is 2.30. The van der Waals surface area contributed by atoms with Gasteiger partial charge in [0.25, 0.3) is 0 Å². The van der Waals surface area contributed by atoms with Gasteiger partial charge in [-0.3, -0.25) is 9.69 Å². The molecule has 0 aromatic rings. The Labute approximate surface area is 171 Å². The van der Waals surface area contributed by atoms with E-state index in [0.29, 0.717) is 29.9 Å². The quantitative estimate of drug-likeness (QED) is 0.774. The molecule has 0 aromatic carbocycles. The zero-order valence-electron chi connectivity index (χ0n) is 16.3. The minimum atomic E-state index is 0. The number of hydrogen-bond acceptors (Lipinski definition) is 4. The second-order valence-corrected chi connectivity index (χ2v) is 8.08. The molecule has 0 saturated carbocycles. The molecule has 0 radical (unpaired) electrons. The van der Waals surface area contributed by atoms with Crippen LogP contribution in [0.4, 0.5) is 0 Å². The van der Waals surface area contributed by atoms with Crippen LogP contribution >= 0.6 is 24.8 Å². The van der Waals surface area contributed by atoms with E-state index in [2.05, 4.69) is 29.0 Å². The first-order valence-electron chi connectivity index (χ1n) is 9.97. The molecule has 26 heavy (non-hydrogen) atoms. The summed E-state index contributed by atoms with van der Waals surface area (Å²) < 4.78 is 5.65. The molecule has 3 rings (SSSR count). The monoisotopic (exact) mass is 409 g/mol. The largest absolute Gasteiger partial charge is 0.376 e. The van der Waals surface area contributed by atoms with Crippen LogP contribution in [0.15, 0.2) is 0 Å². The highest BCUT2D eigenvalue weighted by molar-refractivity contribution is 5.85. The van der Waals surface area contributed by atoms with Crippen molar-refractivity contribution >= 4 is 30.7 Å². The summed E-state index contributed by atoms with van der Waals surface area (Å²) in [7, 11) is 0. The fourth-order valence-electron chi connectivity index (χ4n) is 4.59. The summed E-state index contributed by atoms with van der Waals surface area (Å²) >= 11 is 0.